The summed E-state index contributed by atoms with van der Waals surface area (Å²) in [5, 5.41) is 1.08. The van der Waals surface area contributed by atoms with Gasteiger partial charge in [-0.3, -0.25) is 14.4 Å². The fourth-order valence-corrected chi connectivity index (χ4v) is 4.63. The molecular weight excluding hydrogens is 400 g/mol. The third kappa shape index (κ3) is 3.94. The van der Waals surface area contributed by atoms with Gasteiger partial charge in [0.1, 0.15) is 11.4 Å². The number of rotatable bonds is 6. The van der Waals surface area contributed by atoms with Crippen LogP contribution in [-0.4, -0.2) is 30.2 Å². The molecule has 0 amide bonds. The number of fused-ring (bicyclic) bond motifs is 1. The Morgan fingerprint density at radius 1 is 1.21 bits per heavy atom. The molecule has 3 rings (SSSR count). The number of benzene rings is 1. The van der Waals surface area contributed by atoms with E-state index in [-0.39, 0.29) is 11.7 Å². The Morgan fingerprint density at radius 3 is 2.39 bits per heavy atom. The van der Waals surface area contributed by atoms with Crippen molar-refractivity contribution >= 4 is 50.6 Å². The SMILES string of the molecule is COc1c(C)sc2c(C(=O)C(C(=O)OC(C)(C)C)C(=O)C3CC3)ccc(Cl)c12. The fourth-order valence-electron chi connectivity index (χ4n) is 3.16. The number of thiophene rings is 1. The maximum absolute atomic E-state index is 13.4. The number of methoxy groups -OCH3 is 1. The van der Waals surface area contributed by atoms with Gasteiger partial charge in [-0.25, -0.2) is 0 Å². The van der Waals surface area contributed by atoms with Gasteiger partial charge in [-0.2, -0.15) is 0 Å². The molecule has 1 aromatic carbocycles. The number of aryl methyl sites for hydroxylation is 1. The van der Waals surface area contributed by atoms with E-state index in [1.807, 2.05) is 6.92 Å². The number of ketones is 2. The average Bonchev–Trinajstić information content (AvgIpc) is 3.36. The monoisotopic (exact) mass is 422 g/mol. The minimum atomic E-state index is -1.45. The van der Waals surface area contributed by atoms with Crippen LogP contribution in [0, 0.1) is 18.8 Å². The Bertz CT molecular complexity index is 965. The summed E-state index contributed by atoms with van der Waals surface area (Å²) in [6, 6.07) is 3.17. The third-order valence-corrected chi connectivity index (χ3v) is 5.98. The first-order valence-electron chi connectivity index (χ1n) is 9.11. The quantitative estimate of drug-likeness (QED) is 0.372. The molecule has 1 unspecified atom stereocenters. The van der Waals surface area contributed by atoms with Crippen LogP contribution in [0.4, 0.5) is 0 Å². The van der Waals surface area contributed by atoms with Gasteiger partial charge in [0, 0.05) is 16.4 Å². The lowest BCUT2D eigenvalue weighted by atomic mass is 9.90. The molecule has 5 nitrogen and oxygen atoms in total. The maximum Gasteiger partial charge on any atom is 0.325 e. The number of Topliss-reactive ketones (excluding diaryl/α,β-unsaturated/α-hetero) is 2. The molecule has 1 aliphatic rings. The largest absolute Gasteiger partial charge is 0.495 e. The highest BCUT2D eigenvalue weighted by atomic mass is 35.5. The number of halogens is 1. The minimum absolute atomic E-state index is 0.246. The summed E-state index contributed by atoms with van der Waals surface area (Å²) in [6.45, 7) is 7.00. The van der Waals surface area contributed by atoms with Gasteiger partial charge in [0.05, 0.1) is 22.2 Å². The number of ether oxygens (including phenoxy) is 2. The van der Waals surface area contributed by atoms with Crippen LogP contribution in [0.25, 0.3) is 10.1 Å². The summed E-state index contributed by atoms with van der Waals surface area (Å²) in [5.74, 6) is -2.80. The molecule has 0 saturated heterocycles. The van der Waals surface area contributed by atoms with Crippen molar-refractivity contribution in [3.8, 4) is 5.75 Å². The van der Waals surface area contributed by atoms with E-state index in [9.17, 15) is 14.4 Å². The van der Waals surface area contributed by atoms with Gasteiger partial charge in [-0.05, 0) is 52.7 Å². The van der Waals surface area contributed by atoms with Crippen molar-refractivity contribution in [2.45, 2.75) is 46.1 Å². The molecule has 2 aromatic rings. The first kappa shape index (κ1) is 20.8. The van der Waals surface area contributed by atoms with Gasteiger partial charge in [-0.15, -0.1) is 11.3 Å². The number of carbonyl (C=O) groups is 3. The van der Waals surface area contributed by atoms with Crippen LogP contribution in [-0.2, 0) is 14.3 Å². The molecule has 1 aromatic heterocycles. The Morgan fingerprint density at radius 2 is 1.86 bits per heavy atom. The van der Waals surface area contributed by atoms with E-state index < -0.39 is 23.3 Å². The lowest BCUT2D eigenvalue weighted by Gasteiger charge is -2.23. The molecule has 0 N–H and O–H groups in total. The molecule has 7 heteroatoms. The molecule has 1 heterocycles. The van der Waals surface area contributed by atoms with E-state index in [4.69, 9.17) is 21.1 Å². The highest BCUT2D eigenvalue weighted by Gasteiger charge is 2.45. The standard InChI is InChI=1S/C21H23ClO5S/c1-10-18(26-5)14-13(22)9-8-12(19(14)28-10)17(24)15(16(23)11-6-7-11)20(25)27-21(2,3)4/h8-9,11,15H,6-7H2,1-5H3. The molecule has 0 bridgehead atoms. The average molecular weight is 423 g/mol. The van der Waals surface area contributed by atoms with E-state index in [0.29, 0.717) is 39.3 Å². The van der Waals surface area contributed by atoms with Crippen LogP contribution in [0.15, 0.2) is 12.1 Å². The van der Waals surface area contributed by atoms with Crippen molar-refractivity contribution in [1.29, 1.82) is 0 Å². The van der Waals surface area contributed by atoms with Gasteiger partial charge < -0.3 is 9.47 Å². The highest BCUT2D eigenvalue weighted by Crippen LogP contribution is 2.44. The molecule has 1 saturated carbocycles. The van der Waals surface area contributed by atoms with E-state index in [0.717, 1.165) is 4.88 Å². The van der Waals surface area contributed by atoms with Gasteiger partial charge in [0.15, 0.2) is 17.5 Å². The minimum Gasteiger partial charge on any atom is -0.495 e. The van der Waals surface area contributed by atoms with Crippen LogP contribution in [0.2, 0.25) is 5.02 Å². The molecule has 0 spiro atoms. The molecule has 0 aliphatic heterocycles. The normalized spacial score (nSPS) is 15.4. The van der Waals surface area contributed by atoms with Crippen LogP contribution in [0.3, 0.4) is 0 Å². The summed E-state index contributed by atoms with van der Waals surface area (Å²) in [7, 11) is 1.54. The summed E-state index contributed by atoms with van der Waals surface area (Å²) < 4.78 is 11.5. The van der Waals surface area contributed by atoms with Crippen LogP contribution >= 0.6 is 22.9 Å². The van der Waals surface area contributed by atoms with E-state index >= 15 is 0 Å². The predicted molar refractivity (Wildman–Crippen MR) is 110 cm³/mol. The second kappa shape index (κ2) is 7.48. The molecular formula is C21H23ClO5S. The van der Waals surface area contributed by atoms with E-state index in [2.05, 4.69) is 0 Å². The zero-order chi connectivity index (χ0) is 20.8. The summed E-state index contributed by atoms with van der Waals surface area (Å²) in [5.41, 5.74) is -0.502. The van der Waals surface area contributed by atoms with Crippen molar-refractivity contribution in [3.63, 3.8) is 0 Å². The third-order valence-electron chi connectivity index (χ3n) is 4.55. The van der Waals surface area contributed by atoms with Crippen molar-refractivity contribution in [2.75, 3.05) is 7.11 Å². The Hall–Kier alpha value is -1.92. The molecule has 1 atom stereocenters. The topological polar surface area (TPSA) is 69.7 Å². The molecule has 28 heavy (non-hydrogen) atoms. The van der Waals surface area contributed by atoms with Crippen molar-refractivity contribution < 1.29 is 23.9 Å². The summed E-state index contributed by atoms with van der Waals surface area (Å²) in [4.78, 5) is 39.8. The number of hydrogen-bond acceptors (Lipinski definition) is 6. The van der Waals surface area contributed by atoms with Crippen LogP contribution < -0.4 is 4.74 Å². The van der Waals surface area contributed by atoms with Crippen molar-refractivity contribution in [1.82, 2.24) is 0 Å². The highest BCUT2D eigenvalue weighted by molar-refractivity contribution is 7.20. The number of carbonyl (C=O) groups excluding carboxylic acids is 3. The molecule has 150 valence electrons. The number of esters is 1. The van der Waals surface area contributed by atoms with Crippen LogP contribution in [0.5, 0.6) is 5.75 Å². The van der Waals surface area contributed by atoms with Gasteiger partial charge >= 0.3 is 5.97 Å². The van der Waals surface area contributed by atoms with Gasteiger partial charge in [0.2, 0.25) is 0 Å². The predicted octanol–water partition coefficient (Wildman–Crippen LogP) is 4.99. The smallest absolute Gasteiger partial charge is 0.325 e. The van der Waals surface area contributed by atoms with E-state index in [1.165, 1.54) is 11.3 Å². The van der Waals surface area contributed by atoms with Gasteiger partial charge in [-0.1, -0.05) is 11.6 Å². The van der Waals surface area contributed by atoms with E-state index in [1.54, 1.807) is 40.0 Å². The first-order valence-corrected chi connectivity index (χ1v) is 10.3. The lowest BCUT2D eigenvalue weighted by molar-refractivity contribution is -0.160. The van der Waals surface area contributed by atoms with Crippen molar-refractivity contribution in [2.24, 2.45) is 11.8 Å². The zero-order valence-electron chi connectivity index (χ0n) is 16.6. The second-order valence-corrected chi connectivity index (χ2v) is 9.63. The maximum atomic E-state index is 13.4. The molecule has 1 fully saturated rings. The summed E-state index contributed by atoms with van der Waals surface area (Å²) >= 11 is 7.70. The zero-order valence-corrected chi connectivity index (χ0v) is 18.1. The Kier molecular flexibility index (Phi) is 5.56. The Balaban J connectivity index is 2.09. The molecule has 0 radical (unpaired) electrons. The van der Waals surface area contributed by atoms with Crippen molar-refractivity contribution in [3.05, 3.63) is 27.6 Å². The Labute approximate surface area is 173 Å². The second-order valence-electron chi connectivity index (χ2n) is 8.00. The lowest BCUT2D eigenvalue weighted by Crippen LogP contribution is -2.38. The fraction of sp³-hybridized carbons (Fsp3) is 0.476. The van der Waals surface area contributed by atoms with Gasteiger partial charge in [0.25, 0.3) is 0 Å². The molecule has 1 aliphatic carbocycles. The number of hydrogen-bond donors (Lipinski definition) is 0. The van der Waals surface area contributed by atoms with Crippen LogP contribution in [0.1, 0.15) is 48.8 Å². The first-order chi connectivity index (χ1) is 13.0. The summed E-state index contributed by atoms with van der Waals surface area (Å²) in [6.07, 6.45) is 1.40.